The Morgan fingerprint density at radius 1 is 0.862 bits per heavy atom. The molecule has 0 heterocycles. The molecule has 0 saturated heterocycles. The van der Waals surface area contributed by atoms with Crippen LogP contribution in [0.3, 0.4) is 0 Å². The normalized spacial score (nSPS) is 16.0. The number of hydrogen-bond acceptors (Lipinski definition) is 4. The van der Waals surface area contributed by atoms with Crippen molar-refractivity contribution in [1.82, 2.24) is 0 Å². The SMILES string of the molecule is C[C@@H](O)CCC(=O)CCC[C@@H](CCO[Si](C)(C)C(C)(C)C)O[Si](C)(C)C(C)(C)C. The number of aliphatic hydroxyl groups is 1. The fraction of sp³-hybridized carbons (Fsp3) is 0.957. The molecular weight excluding hydrogens is 396 g/mol. The van der Waals surface area contributed by atoms with Crippen LogP contribution < -0.4 is 0 Å². The highest BCUT2D eigenvalue weighted by Crippen LogP contribution is 2.39. The van der Waals surface area contributed by atoms with Crippen molar-refractivity contribution < 1.29 is 18.8 Å². The van der Waals surface area contributed by atoms with E-state index in [4.69, 9.17) is 8.85 Å². The number of carbonyl (C=O) groups excluding carboxylic acids is 1. The van der Waals surface area contributed by atoms with Crippen LogP contribution in [0, 0.1) is 0 Å². The van der Waals surface area contributed by atoms with Crippen molar-refractivity contribution in [2.24, 2.45) is 0 Å². The molecular formula is C23H50O4Si2. The first-order valence-electron chi connectivity index (χ1n) is 11.4. The van der Waals surface area contributed by atoms with Crippen molar-refractivity contribution in [3.05, 3.63) is 0 Å². The minimum atomic E-state index is -1.87. The van der Waals surface area contributed by atoms with Gasteiger partial charge in [0.15, 0.2) is 16.6 Å². The molecule has 0 aromatic rings. The largest absolute Gasteiger partial charge is 0.417 e. The molecule has 1 N–H and O–H groups in total. The Bertz CT molecular complexity index is 488. The predicted molar refractivity (Wildman–Crippen MR) is 130 cm³/mol. The standard InChI is InChI=1S/C23H50O4Si2/c1-19(24)15-16-20(25)13-12-14-21(27-29(10,11)23(5,6)7)17-18-26-28(8,9)22(2,3)4/h19,21,24H,12-18H2,1-11H3/t19-,21+/m1/s1. The number of Topliss-reactive ketones (excluding diaryl/α,β-unsaturated/α-hetero) is 1. The Morgan fingerprint density at radius 3 is 1.83 bits per heavy atom. The first-order valence-corrected chi connectivity index (χ1v) is 17.2. The second-order valence-electron chi connectivity index (χ2n) is 11.7. The van der Waals surface area contributed by atoms with Crippen LogP contribution in [0.2, 0.25) is 36.3 Å². The topological polar surface area (TPSA) is 55.8 Å². The van der Waals surface area contributed by atoms with Gasteiger partial charge in [0.25, 0.3) is 0 Å². The summed E-state index contributed by atoms with van der Waals surface area (Å²) in [4.78, 5) is 12.1. The van der Waals surface area contributed by atoms with Crippen LogP contribution in [0.25, 0.3) is 0 Å². The molecule has 29 heavy (non-hydrogen) atoms. The highest BCUT2D eigenvalue weighted by atomic mass is 28.4. The Labute approximate surface area is 183 Å². The van der Waals surface area contributed by atoms with E-state index in [1.54, 1.807) is 6.92 Å². The van der Waals surface area contributed by atoms with E-state index in [2.05, 4.69) is 67.7 Å². The van der Waals surface area contributed by atoms with Crippen LogP contribution in [0.5, 0.6) is 0 Å². The fourth-order valence-corrected chi connectivity index (χ4v) is 5.02. The van der Waals surface area contributed by atoms with Crippen molar-refractivity contribution in [3.8, 4) is 0 Å². The van der Waals surface area contributed by atoms with Crippen LogP contribution in [-0.2, 0) is 13.6 Å². The highest BCUT2D eigenvalue weighted by molar-refractivity contribution is 6.74. The average Bonchev–Trinajstić information content (AvgIpc) is 2.50. The third-order valence-corrected chi connectivity index (χ3v) is 15.9. The summed E-state index contributed by atoms with van der Waals surface area (Å²) >= 11 is 0. The maximum atomic E-state index is 12.1. The third-order valence-electron chi connectivity index (χ3n) is 6.80. The molecule has 0 spiro atoms. The molecule has 0 aliphatic heterocycles. The number of ketones is 1. The zero-order chi connectivity index (χ0) is 23.1. The molecule has 0 unspecified atom stereocenters. The van der Waals surface area contributed by atoms with E-state index in [9.17, 15) is 9.90 Å². The molecule has 0 aromatic heterocycles. The second-order valence-corrected chi connectivity index (χ2v) is 21.3. The molecule has 4 nitrogen and oxygen atoms in total. The van der Waals surface area contributed by atoms with E-state index in [0.29, 0.717) is 19.3 Å². The van der Waals surface area contributed by atoms with Crippen LogP contribution >= 0.6 is 0 Å². The van der Waals surface area contributed by atoms with Gasteiger partial charge in [-0.3, -0.25) is 4.79 Å². The van der Waals surface area contributed by atoms with Crippen LogP contribution in [-0.4, -0.2) is 46.3 Å². The van der Waals surface area contributed by atoms with E-state index in [0.717, 1.165) is 25.9 Å². The molecule has 0 bridgehead atoms. The molecule has 2 atom stereocenters. The van der Waals surface area contributed by atoms with Gasteiger partial charge in [-0.25, -0.2) is 0 Å². The van der Waals surface area contributed by atoms with Gasteiger partial charge in [0.05, 0.1) is 6.10 Å². The minimum absolute atomic E-state index is 0.144. The Hall–Kier alpha value is -0.0162. The maximum Gasteiger partial charge on any atom is 0.192 e. The van der Waals surface area contributed by atoms with Gasteiger partial charge in [-0.1, -0.05) is 41.5 Å². The summed E-state index contributed by atoms with van der Waals surface area (Å²) in [5.41, 5.74) is 0. The van der Waals surface area contributed by atoms with Gasteiger partial charge in [-0.05, 0) is 68.9 Å². The van der Waals surface area contributed by atoms with Gasteiger partial charge in [0.2, 0.25) is 0 Å². The first kappa shape index (κ1) is 29.0. The molecule has 0 aliphatic carbocycles. The van der Waals surface area contributed by atoms with Gasteiger partial charge in [-0.2, -0.15) is 0 Å². The first-order chi connectivity index (χ1) is 12.9. The van der Waals surface area contributed by atoms with Crippen LogP contribution in [0.1, 0.15) is 87.0 Å². The van der Waals surface area contributed by atoms with Crippen molar-refractivity contribution in [2.75, 3.05) is 6.61 Å². The Balaban J connectivity index is 4.84. The molecule has 6 heteroatoms. The summed E-state index contributed by atoms with van der Waals surface area (Å²) in [6.07, 6.45) is 3.98. The molecule has 0 rings (SSSR count). The molecule has 0 aromatic carbocycles. The third kappa shape index (κ3) is 11.2. The quantitative estimate of drug-likeness (QED) is 0.320. The molecule has 0 radical (unpaired) electrons. The molecule has 174 valence electrons. The van der Waals surface area contributed by atoms with Crippen molar-refractivity contribution in [3.63, 3.8) is 0 Å². The lowest BCUT2D eigenvalue weighted by Gasteiger charge is -2.40. The van der Waals surface area contributed by atoms with Crippen LogP contribution in [0.15, 0.2) is 0 Å². The molecule has 0 fully saturated rings. The maximum absolute atomic E-state index is 12.1. The summed E-state index contributed by atoms with van der Waals surface area (Å²) in [7, 11) is -3.63. The lowest BCUT2D eigenvalue weighted by atomic mass is 10.0. The minimum Gasteiger partial charge on any atom is -0.417 e. The van der Waals surface area contributed by atoms with Crippen molar-refractivity contribution in [2.45, 2.75) is 135 Å². The summed E-state index contributed by atoms with van der Waals surface area (Å²) < 4.78 is 13.1. The zero-order valence-corrected chi connectivity index (χ0v) is 23.3. The van der Waals surface area contributed by atoms with Gasteiger partial charge in [-0.15, -0.1) is 0 Å². The lowest BCUT2D eigenvalue weighted by Crippen LogP contribution is -2.45. The van der Waals surface area contributed by atoms with E-state index in [1.807, 2.05) is 0 Å². The second kappa shape index (κ2) is 11.6. The van der Waals surface area contributed by atoms with E-state index in [-0.39, 0.29) is 22.0 Å². The zero-order valence-electron chi connectivity index (χ0n) is 21.3. The van der Waals surface area contributed by atoms with Crippen molar-refractivity contribution >= 4 is 22.4 Å². The summed E-state index contributed by atoms with van der Waals surface area (Å²) in [6.45, 7) is 25.2. The van der Waals surface area contributed by atoms with Crippen molar-refractivity contribution in [1.29, 1.82) is 0 Å². The smallest absolute Gasteiger partial charge is 0.192 e. The number of hydrogen-bond donors (Lipinski definition) is 1. The van der Waals surface area contributed by atoms with E-state index >= 15 is 0 Å². The molecule has 0 saturated carbocycles. The monoisotopic (exact) mass is 446 g/mol. The van der Waals surface area contributed by atoms with Crippen LogP contribution in [0.4, 0.5) is 0 Å². The molecule has 0 aliphatic rings. The number of rotatable bonds is 13. The lowest BCUT2D eigenvalue weighted by molar-refractivity contribution is -0.119. The average molecular weight is 447 g/mol. The van der Waals surface area contributed by atoms with Gasteiger partial charge < -0.3 is 14.0 Å². The highest BCUT2D eigenvalue weighted by Gasteiger charge is 2.40. The van der Waals surface area contributed by atoms with E-state index in [1.165, 1.54) is 0 Å². The summed E-state index contributed by atoms with van der Waals surface area (Å²) in [6, 6.07) is 0. The van der Waals surface area contributed by atoms with Gasteiger partial charge in [0.1, 0.15) is 5.78 Å². The Morgan fingerprint density at radius 2 is 1.38 bits per heavy atom. The predicted octanol–water partition coefficient (Wildman–Crippen LogP) is 6.69. The summed E-state index contributed by atoms with van der Waals surface area (Å²) in [5, 5.41) is 9.73. The fourth-order valence-electron chi connectivity index (χ4n) is 2.54. The molecule has 0 amide bonds. The number of carbonyl (C=O) groups is 1. The van der Waals surface area contributed by atoms with E-state index < -0.39 is 22.7 Å². The van der Waals surface area contributed by atoms with Gasteiger partial charge >= 0.3 is 0 Å². The Kier molecular flexibility index (Phi) is 11.6. The van der Waals surface area contributed by atoms with Gasteiger partial charge in [0, 0.05) is 25.6 Å². The summed E-state index contributed by atoms with van der Waals surface area (Å²) in [5.74, 6) is 0.245. The number of aliphatic hydroxyl groups excluding tert-OH is 1.